The molecule has 0 saturated carbocycles. The van der Waals surface area contributed by atoms with Crippen molar-refractivity contribution >= 4 is 11.9 Å². The first-order valence-electron chi connectivity index (χ1n) is 5.84. The van der Waals surface area contributed by atoms with Gasteiger partial charge in [-0.2, -0.15) is 5.26 Å². The highest BCUT2D eigenvalue weighted by atomic mass is 16.5. The lowest BCUT2D eigenvalue weighted by Crippen LogP contribution is -2.14. The molecule has 0 aromatic rings. The molecule has 0 aliphatic carbocycles. The smallest absolute Gasteiger partial charge is 0.306 e. The monoisotopic (exact) mass is 241 g/mol. The fourth-order valence-corrected chi connectivity index (χ4v) is 1.33. The summed E-state index contributed by atoms with van der Waals surface area (Å²) in [4.78, 5) is 21.5. The van der Waals surface area contributed by atoms with Gasteiger partial charge < -0.3 is 9.84 Å². The number of unbranched alkanes of at least 4 members (excludes halogenated alkanes) is 2. The number of nitrogens with zero attached hydrogens (tertiary/aromatic N) is 1. The molecule has 0 amide bonds. The van der Waals surface area contributed by atoms with Crippen molar-refractivity contribution in [3.63, 3.8) is 0 Å². The number of nitriles is 1. The quantitative estimate of drug-likeness (QED) is 0.494. The molecule has 0 aliphatic heterocycles. The summed E-state index contributed by atoms with van der Waals surface area (Å²) >= 11 is 0. The number of carboxylic acids is 1. The predicted octanol–water partition coefficient (Wildman–Crippen LogP) is 2.26. The van der Waals surface area contributed by atoms with E-state index in [-0.39, 0.29) is 18.5 Å². The molecule has 0 fully saturated rings. The molecule has 5 nitrogen and oxygen atoms in total. The summed E-state index contributed by atoms with van der Waals surface area (Å²) in [6.45, 7) is 1.76. The molecule has 0 saturated heterocycles. The van der Waals surface area contributed by atoms with Gasteiger partial charge in [-0.15, -0.1) is 0 Å². The van der Waals surface area contributed by atoms with Crippen LogP contribution in [0.4, 0.5) is 0 Å². The zero-order valence-electron chi connectivity index (χ0n) is 10.1. The summed E-state index contributed by atoms with van der Waals surface area (Å²) in [7, 11) is 0. The lowest BCUT2D eigenvalue weighted by Gasteiger charge is -2.11. The highest BCUT2D eigenvalue weighted by Gasteiger charge is 2.08. The first-order valence-corrected chi connectivity index (χ1v) is 5.84. The third-order valence-electron chi connectivity index (χ3n) is 2.27. The number of hydrogen-bond donors (Lipinski definition) is 1. The third kappa shape index (κ3) is 10.7. The first kappa shape index (κ1) is 15.4. The van der Waals surface area contributed by atoms with Crippen LogP contribution >= 0.6 is 0 Å². The Balaban J connectivity index is 3.46. The number of carbonyl (C=O) groups excluding carboxylic acids is 1. The van der Waals surface area contributed by atoms with E-state index >= 15 is 0 Å². The van der Waals surface area contributed by atoms with Gasteiger partial charge >= 0.3 is 11.9 Å². The van der Waals surface area contributed by atoms with Gasteiger partial charge in [0.15, 0.2) is 0 Å². The van der Waals surface area contributed by atoms with Crippen LogP contribution < -0.4 is 0 Å². The summed E-state index contributed by atoms with van der Waals surface area (Å²) in [5, 5.41) is 16.8. The van der Waals surface area contributed by atoms with Gasteiger partial charge in [0.25, 0.3) is 0 Å². The van der Waals surface area contributed by atoms with Gasteiger partial charge in [0, 0.05) is 19.3 Å². The molecule has 0 heterocycles. The molecule has 1 unspecified atom stereocenters. The van der Waals surface area contributed by atoms with Gasteiger partial charge in [-0.25, -0.2) is 0 Å². The van der Waals surface area contributed by atoms with Crippen LogP contribution in [-0.4, -0.2) is 23.1 Å². The molecular formula is C12H19NO4. The molecular weight excluding hydrogens is 222 g/mol. The van der Waals surface area contributed by atoms with Crippen molar-refractivity contribution < 1.29 is 19.4 Å². The maximum absolute atomic E-state index is 11.3. The number of aliphatic carboxylic acids is 1. The molecule has 0 radical (unpaired) electrons. The summed E-state index contributed by atoms with van der Waals surface area (Å²) < 4.78 is 5.07. The summed E-state index contributed by atoms with van der Waals surface area (Å²) in [5.41, 5.74) is 0. The van der Waals surface area contributed by atoms with Crippen molar-refractivity contribution in [3.8, 4) is 6.07 Å². The molecule has 0 spiro atoms. The molecule has 0 aromatic heterocycles. The number of carboxylic acid groups (broad SMARTS) is 1. The molecule has 0 aliphatic rings. The van der Waals surface area contributed by atoms with E-state index in [2.05, 4.69) is 0 Å². The number of esters is 1. The van der Waals surface area contributed by atoms with Crippen molar-refractivity contribution in [1.82, 2.24) is 0 Å². The van der Waals surface area contributed by atoms with Crippen LogP contribution in [0.15, 0.2) is 0 Å². The largest absolute Gasteiger partial charge is 0.481 e. The van der Waals surface area contributed by atoms with Gasteiger partial charge in [0.05, 0.1) is 12.2 Å². The lowest BCUT2D eigenvalue weighted by atomic mass is 10.1. The fraction of sp³-hybridized carbons (Fsp3) is 0.750. The maximum atomic E-state index is 11.3. The second kappa shape index (κ2) is 9.64. The second-order valence-electron chi connectivity index (χ2n) is 3.95. The minimum Gasteiger partial charge on any atom is -0.481 e. The summed E-state index contributed by atoms with van der Waals surface area (Å²) in [6, 6.07) is 2.00. The average Bonchev–Trinajstić information content (AvgIpc) is 2.25. The van der Waals surface area contributed by atoms with E-state index in [0.29, 0.717) is 38.5 Å². The van der Waals surface area contributed by atoms with Crippen molar-refractivity contribution in [2.45, 2.75) is 58.0 Å². The topological polar surface area (TPSA) is 87.4 Å². The summed E-state index contributed by atoms with van der Waals surface area (Å²) in [5.74, 6) is -1.08. The molecule has 1 N–H and O–H groups in total. The lowest BCUT2D eigenvalue weighted by molar-refractivity contribution is -0.148. The van der Waals surface area contributed by atoms with Crippen LogP contribution in [0, 0.1) is 11.3 Å². The van der Waals surface area contributed by atoms with Crippen LogP contribution in [0.25, 0.3) is 0 Å². The third-order valence-corrected chi connectivity index (χ3v) is 2.27. The van der Waals surface area contributed by atoms with Gasteiger partial charge in [-0.3, -0.25) is 9.59 Å². The second-order valence-corrected chi connectivity index (χ2v) is 3.95. The number of rotatable bonds is 9. The van der Waals surface area contributed by atoms with Crippen LogP contribution in [0.1, 0.15) is 51.9 Å². The van der Waals surface area contributed by atoms with Gasteiger partial charge in [0.2, 0.25) is 0 Å². The van der Waals surface area contributed by atoms with Gasteiger partial charge in [-0.1, -0.05) is 6.42 Å². The zero-order valence-corrected chi connectivity index (χ0v) is 10.1. The van der Waals surface area contributed by atoms with Crippen molar-refractivity contribution in [1.29, 1.82) is 5.26 Å². The molecule has 0 bridgehead atoms. The van der Waals surface area contributed by atoms with Gasteiger partial charge in [0.1, 0.15) is 0 Å². The number of carbonyl (C=O) groups is 2. The van der Waals surface area contributed by atoms with E-state index in [1.165, 1.54) is 0 Å². The highest BCUT2D eigenvalue weighted by Crippen LogP contribution is 2.07. The molecule has 1 atom stereocenters. The van der Waals surface area contributed by atoms with E-state index in [1.54, 1.807) is 6.92 Å². The summed E-state index contributed by atoms with van der Waals surface area (Å²) in [6.07, 6.45) is 3.14. The van der Waals surface area contributed by atoms with E-state index in [1.807, 2.05) is 6.07 Å². The standard InChI is InChI=1S/C12H19NO4/c1-10(6-5-9-13)17-12(16)8-4-2-3-7-11(14)15/h10H,2-8H2,1H3,(H,14,15). The normalized spacial score (nSPS) is 11.5. The van der Waals surface area contributed by atoms with Crippen LogP contribution in [-0.2, 0) is 14.3 Å². The number of hydrogen-bond acceptors (Lipinski definition) is 4. The Labute approximate surface area is 101 Å². The Morgan fingerprint density at radius 2 is 1.94 bits per heavy atom. The zero-order chi connectivity index (χ0) is 13.1. The minimum absolute atomic E-state index is 0.146. The van der Waals surface area contributed by atoms with Crippen LogP contribution in [0.3, 0.4) is 0 Å². The maximum Gasteiger partial charge on any atom is 0.306 e. The Bertz CT molecular complexity index is 283. The van der Waals surface area contributed by atoms with E-state index in [0.717, 1.165) is 0 Å². The Kier molecular flexibility index (Phi) is 8.75. The SMILES string of the molecule is CC(CCC#N)OC(=O)CCCCCC(=O)O. The molecule has 96 valence electrons. The van der Waals surface area contributed by atoms with Crippen LogP contribution in [0.2, 0.25) is 0 Å². The average molecular weight is 241 g/mol. The fourth-order valence-electron chi connectivity index (χ4n) is 1.33. The van der Waals surface area contributed by atoms with Crippen molar-refractivity contribution in [3.05, 3.63) is 0 Å². The Morgan fingerprint density at radius 3 is 2.53 bits per heavy atom. The van der Waals surface area contributed by atoms with Gasteiger partial charge in [-0.05, 0) is 26.2 Å². The van der Waals surface area contributed by atoms with E-state index < -0.39 is 5.97 Å². The molecule has 5 heteroatoms. The Hall–Kier alpha value is -1.57. The van der Waals surface area contributed by atoms with Crippen LogP contribution in [0.5, 0.6) is 0 Å². The van der Waals surface area contributed by atoms with Crippen molar-refractivity contribution in [2.75, 3.05) is 0 Å². The van der Waals surface area contributed by atoms with Crippen molar-refractivity contribution in [2.24, 2.45) is 0 Å². The molecule has 17 heavy (non-hydrogen) atoms. The van der Waals surface area contributed by atoms with E-state index in [9.17, 15) is 9.59 Å². The highest BCUT2D eigenvalue weighted by molar-refractivity contribution is 5.69. The Morgan fingerprint density at radius 1 is 1.29 bits per heavy atom. The minimum atomic E-state index is -0.808. The number of ether oxygens (including phenoxy) is 1. The first-order chi connectivity index (χ1) is 8.06. The predicted molar refractivity (Wildman–Crippen MR) is 61.1 cm³/mol. The van der Waals surface area contributed by atoms with E-state index in [4.69, 9.17) is 15.1 Å². The molecule has 0 rings (SSSR count). The molecule has 0 aromatic carbocycles.